The number of nitrogens with zero attached hydrogens (tertiary/aromatic N) is 6. The van der Waals surface area contributed by atoms with E-state index in [-0.39, 0.29) is 5.92 Å². The van der Waals surface area contributed by atoms with Crippen LogP contribution in [0.5, 0.6) is 0 Å². The third-order valence-corrected chi connectivity index (χ3v) is 6.97. The molecule has 2 fully saturated rings. The van der Waals surface area contributed by atoms with Crippen LogP contribution in [0.3, 0.4) is 0 Å². The monoisotopic (exact) mass is 433 g/mol. The Morgan fingerprint density at radius 1 is 1.23 bits per heavy atom. The number of carboxylic acid groups (broad SMARTS) is 1. The first-order valence-electron chi connectivity index (χ1n) is 10.7. The van der Waals surface area contributed by atoms with Crippen molar-refractivity contribution >= 4 is 22.4 Å². The SMILES string of the molecule is CN1CCN(CCNCc2cccn2-c2nnc(N3CCCC(C(=O)O)C3)s2)CC1. The van der Waals surface area contributed by atoms with Gasteiger partial charge in [-0.25, -0.2) is 0 Å². The molecular weight excluding hydrogens is 402 g/mol. The molecular formula is C20H31N7O2S. The number of nitrogens with one attached hydrogen (secondary N) is 1. The topological polar surface area (TPSA) is 89.8 Å². The minimum absolute atomic E-state index is 0.322. The fourth-order valence-corrected chi connectivity index (χ4v) is 4.96. The number of hydrogen-bond donors (Lipinski definition) is 2. The first-order valence-corrected chi connectivity index (χ1v) is 11.5. The molecule has 2 aromatic rings. The normalized spacial score (nSPS) is 21.2. The second-order valence-corrected chi connectivity index (χ2v) is 9.12. The Bertz CT molecular complexity index is 831. The molecule has 4 heterocycles. The Kier molecular flexibility index (Phi) is 6.98. The van der Waals surface area contributed by atoms with E-state index in [0.29, 0.717) is 6.54 Å². The van der Waals surface area contributed by atoms with Crippen molar-refractivity contribution < 1.29 is 9.90 Å². The molecule has 164 valence electrons. The predicted molar refractivity (Wildman–Crippen MR) is 117 cm³/mol. The highest BCUT2D eigenvalue weighted by Gasteiger charge is 2.27. The number of carbonyl (C=O) groups is 1. The number of piperidine rings is 1. The molecule has 1 atom stereocenters. The van der Waals surface area contributed by atoms with Crippen molar-refractivity contribution in [1.29, 1.82) is 0 Å². The Balaban J connectivity index is 1.30. The Morgan fingerprint density at radius 3 is 2.83 bits per heavy atom. The zero-order chi connectivity index (χ0) is 20.9. The summed E-state index contributed by atoms with van der Waals surface area (Å²) in [7, 11) is 2.18. The summed E-state index contributed by atoms with van der Waals surface area (Å²) in [6.45, 7) is 8.72. The van der Waals surface area contributed by atoms with E-state index in [4.69, 9.17) is 0 Å². The van der Waals surface area contributed by atoms with Gasteiger partial charge in [-0.3, -0.25) is 14.3 Å². The maximum absolute atomic E-state index is 11.3. The van der Waals surface area contributed by atoms with E-state index >= 15 is 0 Å². The van der Waals surface area contributed by atoms with Crippen LogP contribution in [-0.2, 0) is 11.3 Å². The van der Waals surface area contributed by atoms with Crippen molar-refractivity contribution in [3.05, 3.63) is 24.0 Å². The molecule has 2 saturated heterocycles. The molecule has 2 aromatic heterocycles. The predicted octanol–water partition coefficient (Wildman–Crippen LogP) is 0.967. The number of hydrogen-bond acceptors (Lipinski definition) is 8. The molecule has 1 unspecified atom stereocenters. The van der Waals surface area contributed by atoms with Gasteiger partial charge in [-0.05, 0) is 32.0 Å². The molecule has 0 radical (unpaired) electrons. The van der Waals surface area contributed by atoms with E-state index in [1.807, 2.05) is 12.3 Å². The molecule has 2 aliphatic heterocycles. The number of likely N-dealkylation sites (N-methyl/N-ethyl adjacent to an activating group) is 1. The van der Waals surface area contributed by atoms with Crippen molar-refractivity contribution in [3.63, 3.8) is 0 Å². The summed E-state index contributed by atoms with van der Waals surface area (Å²) in [5.74, 6) is -1.04. The van der Waals surface area contributed by atoms with Gasteiger partial charge in [-0.2, -0.15) is 0 Å². The molecule has 0 spiro atoms. The van der Waals surface area contributed by atoms with Gasteiger partial charge >= 0.3 is 5.97 Å². The maximum atomic E-state index is 11.3. The summed E-state index contributed by atoms with van der Waals surface area (Å²) in [4.78, 5) is 18.3. The number of carboxylic acids is 1. The lowest BCUT2D eigenvalue weighted by atomic mass is 9.99. The van der Waals surface area contributed by atoms with Crippen LogP contribution in [0, 0.1) is 5.92 Å². The van der Waals surface area contributed by atoms with E-state index in [1.54, 1.807) is 0 Å². The smallest absolute Gasteiger partial charge is 0.308 e. The molecule has 0 amide bonds. The van der Waals surface area contributed by atoms with Crippen LogP contribution in [0.2, 0.25) is 0 Å². The lowest BCUT2D eigenvalue weighted by molar-refractivity contribution is -0.141. The van der Waals surface area contributed by atoms with Gasteiger partial charge in [0.2, 0.25) is 10.3 Å². The molecule has 0 bridgehead atoms. The summed E-state index contributed by atoms with van der Waals surface area (Å²) in [5, 5.41) is 23.2. The highest BCUT2D eigenvalue weighted by Crippen LogP contribution is 2.28. The number of rotatable bonds is 8. The number of anilines is 1. The second kappa shape index (κ2) is 9.86. The van der Waals surface area contributed by atoms with Gasteiger partial charge in [0.15, 0.2) is 0 Å². The fraction of sp³-hybridized carbons (Fsp3) is 0.650. The summed E-state index contributed by atoms with van der Waals surface area (Å²) in [5.41, 5.74) is 1.15. The molecule has 30 heavy (non-hydrogen) atoms. The van der Waals surface area contributed by atoms with Crippen molar-refractivity contribution in [2.45, 2.75) is 19.4 Å². The van der Waals surface area contributed by atoms with E-state index in [0.717, 1.165) is 81.2 Å². The van der Waals surface area contributed by atoms with Crippen LogP contribution in [-0.4, -0.2) is 95.0 Å². The third-order valence-electron chi connectivity index (χ3n) is 5.99. The zero-order valence-corrected chi connectivity index (χ0v) is 18.4. The van der Waals surface area contributed by atoms with Crippen LogP contribution >= 0.6 is 11.3 Å². The van der Waals surface area contributed by atoms with E-state index in [2.05, 4.69) is 47.9 Å². The summed E-state index contributed by atoms with van der Waals surface area (Å²) in [6, 6.07) is 4.13. The first-order chi connectivity index (χ1) is 14.6. The van der Waals surface area contributed by atoms with Gasteiger partial charge in [-0.15, -0.1) is 10.2 Å². The van der Waals surface area contributed by atoms with Crippen LogP contribution in [0.4, 0.5) is 5.13 Å². The summed E-state index contributed by atoms with van der Waals surface area (Å²) in [6.07, 6.45) is 3.62. The average Bonchev–Trinajstić information content (AvgIpc) is 3.42. The molecule has 0 saturated carbocycles. The zero-order valence-electron chi connectivity index (χ0n) is 17.5. The Labute approximate surface area is 181 Å². The molecule has 2 N–H and O–H groups in total. The van der Waals surface area contributed by atoms with Crippen LogP contribution in [0.1, 0.15) is 18.5 Å². The Morgan fingerprint density at radius 2 is 2.03 bits per heavy atom. The molecule has 0 aromatic carbocycles. The maximum Gasteiger partial charge on any atom is 0.308 e. The van der Waals surface area contributed by atoms with Crippen molar-refractivity contribution in [1.82, 2.24) is 29.9 Å². The van der Waals surface area contributed by atoms with E-state index in [9.17, 15) is 9.90 Å². The quantitative estimate of drug-likeness (QED) is 0.595. The number of aliphatic carboxylic acids is 1. The van der Waals surface area contributed by atoms with E-state index in [1.165, 1.54) is 11.3 Å². The van der Waals surface area contributed by atoms with Crippen LogP contribution in [0.25, 0.3) is 5.13 Å². The average molecular weight is 434 g/mol. The van der Waals surface area contributed by atoms with Crippen molar-refractivity contribution in [2.24, 2.45) is 5.92 Å². The van der Waals surface area contributed by atoms with Gasteiger partial charge < -0.3 is 20.2 Å². The molecule has 2 aliphatic rings. The number of aromatic nitrogens is 3. The van der Waals surface area contributed by atoms with E-state index < -0.39 is 5.97 Å². The highest BCUT2D eigenvalue weighted by atomic mass is 32.1. The largest absolute Gasteiger partial charge is 0.481 e. The fourth-order valence-electron chi connectivity index (χ4n) is 4.06. The highest BCUT2D eigenvalue weighted by molar-refractivity contribution is 7.17. The van der Waals surface area contributed by atoms with Gasteiger partial charge in [0.05, 0.1) is 5.92 Å². The Hall–Kier alpha value is -2.01. The third kappa shape index (κ3) is 5.18. The lowest BCUT2D eigenvalue weighted by Crippen LogP contribution is -2.46. The summed E-state index contributed by atoms with van der Waals surface area (Å²) >= 11 is 1.52. The standard InChI is InChI=1S/C20H31N7O2S/c1-24-10-12-25(13-11-24)9-6-21-14-17-5-3-8-27(17)20-23-22-19(30-20)26-7-2-4-16(15-26)18(28)29/h3,5,8,16,21H,2,4,6-7,9-15H2,1H3,(H,28,29). The van der Waals surface area contributed by atoms with Gasteiger partial charge in [-0.1, -0.05) is 11.3 Å². The lowest BCUT2D eigenvalue weighted by Gasteiger charge is -2.32. The van der Waals surface area contributed by atoms with Gasteiger partial charge in [0.25, 0.3) is 0 Å². The summed E-state index contributed by atoms with van der Waals surface area (Å²) < 4.78 is 2.07. The second-order valence-electron chi connectivity index (χ2n) is 8.18. The van der Waals surface area contributed by atoms with Crippen molar-refractivity contribution in [2.75, 3.05) is 64.3 Å². The first kappa shape index (κ1) is 21.2. The molecule has 10 heteroatoms. The minimum Gasteiger partial charge on any atom is -0.481 e. The number of piperazine rings is 1. The molecule has 4 rings (SSSR count). The van der Waals surface area contributed by atoms with Crippen LogP contribution in [0.15, 0.2) is 18.3 Å². The molecule has 9 nitrogen and oxygen atoms in total. The molecule has 0 aliphatic carbocycles. The van der Waals surface area contributed by atoms with Gasteiger partial charge in [0, 0.05) is 70.8 Å². The van der Waals surface area contributed by atoms with Crippen LogP contribution < -0.4 is 10.2 Å². The van der Waals surface area contributed by atoms with Gasteiger partial charge in [0.1, 0.15) is 0 Å². The minimum atomic E-state index is -0.722. The van der Waals surface area contributed by atoms with Crippen molar-refractivity contribution in [3.8, 4) is 5.13 Å².